The summed E-state index contributed by atoms with van der Waals surface area (Å²) in [6, 6.07) is 17.7. The molecule has 1 aliphatic heterocycles. The molecule has 5 rings (SSSR count). The molecule has 0 saturated carbocycles. The normalized spacial score (nSPS) is 13.2. The third kappa shape index (κ3) is 5.98. The molecule has 2 heterocycles. The molecule has 4 aromatic rings. The number of halogens is 6. The molecule has 1 aliphatic rings. The highest BCUT2D eigenvalue weighted by molar-refractivity contribution is 7.92. The summed E-state index contributed by atoms with van der Waals surface area (Å²) in [5, 5.41) is 7.12. The molecular formula is C25H19F6N3O5S. The number of carbonyl (C=O) groups is 1. The molecule has 0 aliphatic carbocycles. The standard InChI is InChI=1S/C23H18F3N3O3S.C2HF3O2/c24-23(25,26)17-11-9-16(10-12-17)15-29(33(30,31)18-5-2-1-3-6-18)22-27-19-7-4-8-20-21(19)28(22)13-14-32-20;3-2(4,5)1(6)7/h1-12H,13-15H2;(H,6,7). The van der Waals surface area contributed by atoms with Gasteiger partial charge < -0.3 is 14.4 Å². The van der Waals surface area contributed by atoms with Crippen LogP contribution in [0.4, 0.5) is 32.3 Å². The third-order valence-electron chi connectivity index (χ3n) is 5.69. The number of carboxylic acids is 1. The number of ether oxygens (including phenoxy) is 1. The number of aromatic nitrogens is 2. The number of rotatable bonds is 5. The maximum atomic E-state index is 13.7. The summed E-state index contributed by atoms with van der Waals surface area (Å²) in [7, 11) is -4.07. The van der Waals surface area contributed by atoms with Gasteiger partial charge in [0.15, 0.2) is 0 Å². The average Bonchev–Trinajstić information content (AvgIpc) is 3.27. The lowest BCUT2D eigenvalue weighted by Gasteiger charge is -2.26. The number of anilines is 1. The number of para-hydroxylation sites is 1. The van der Waals surface area contributed by atoms with Gasteiger partial charge in [0, 0.05) is 0 Å². The monoisotopic (exact) mass is 587 g/mol. The zero-order valence-corrected chi connectivity index (χ0v) is 21.0. The minimum atomic E-state index is -5.08. The van der Waals surface area contributed by atoms with Crippen LogP contribution in [-0.2, 0) is 34.1 Å². The SMILES string of the molecule is O=C(O)C(F)(F)F.O=S(=O)(c1ccccc1)N(Cc1ccc(C(F)(F)F)cc1)c1nc2cccc3c2n1CCO3. The lowest BCUT2D eigenvalue weighted by molar-refractivity contribution is -0.192. The van der Waals surface area contributed by atoms with Gasteiger partial charge in [0.25, 0.3) is 10.0 Å². The average molecular weight is 587 g/mol. The minimum absolute atomic E-state index is 0.0593. The summed E-state index contributed by atoms with van der Waals surface area (Å²) in [5.74, 6) is -1.97. The van der Waals surface area contributed by atoms with Crippen molar-refractivity contribution in [3.8, 4) is 5.75 Å². The van der Waals surface area contributed by atoms with E-state index in [1.165, 1.54) is 24.3 Å². The number of alkyl halides is 6. The van der Waals surface area contributed by atoms with E-state index in [1.807, 2.05) is 0 Å². The van der Waals surface area contributed by atoms with E-state index in [-0.39, 0.29) is 17.4 Å². The van der Waals surface area contributed by atoms with Crippen molar-refractivity contribution >= 4 is 33.0 Å². The molecule has 8 nitrogen and oxygen atoms in total. The maximum Gasteiger partial charge on any atom is 0.490 e. The first-order valence-corrected chi connectivity index (χ1v) is 12.8. The predicted molar refractivity (Wildman–Crippen MR) is 130 cm³/mol. The van der Waals surface area contributed by atoms with Crippen molar-refractivity contribution in [1.82, 2.24) is 9.55 Å². The number of nitrogens with zero attached hydrogens (tertiary/aromatic N) is 3. The van der Waals surface area contributed by atoms with Crippen LogP contribution in [0.25, 0.3) is 11.0 Å². The van der Waals surface area contributed by atoms with Crippen LogP contribution in [0.3, 0.4) is 0 Å². The van der Waals surface area contributed by atoms with Crippen LogP contribution in [0.5, 0.6) is 5.75 Å². The summed E-state index contributed by atoms with van der Waals surface area (Å²) >= 11 is 0. The molecule has 40 heavy (non-hydrogen) atoms. The maximum absolute atomic E-state index is 13.7. The summed E-state index contributed by atoms with van der Waals surface area (Å²) in [5.41, 5.74) is 0.851. The number of aliphatic carboxylic acids is 1. The van der Waals surface area contributed by atoms with Gasteiger partial charge in [0.1, 0.15) is 17.9 Å². The Labute approximate surface area is 223 Å². The van der Waals surface area contributed by atoms with Crippen LogP contribution >= 0.6 is 0 Å². The second-order valence-corrected chi connectivity index (χ2v) is 10.2. The van der Waals surface area contributed by atoms with Crippen molar-refractivity contribution in [2.75, 3.05) is 10.9 Å². The van der Waals surface area contributed by atoms with Crippen LogP contribution in [0, 0.1) is 0 Å². The Morgan fingerprint density at radius 3 is 2.15 bits per heavy atom. The first-order valence-electron chi connectivity index (χ1n) is 11.4. The second kappa shape index (κ2) is 10.7. The molecule has 0 spiro atoms. The van der Waals surface area contributed by atoms with Crippen LogP contribution in [0.2, 0.25) is 0 Å². The summed E-state index contributed by atoms with van der Waals surface area (Å²) < 4.78 is 107. The lowest BCUT2D eigenvalue weighted by atomic mass is 10.1. The molecule has 1 aromatic heterocycles. The quantitative estimate of drug-likeness (QED) is 0.311. The molecule has 15 heteroatoms. The highest BCUT2D eigenvalue weighted by atomic mass is 32.2. The van der Waals surface area contributed by atoms with Crippen molar-refractivity contribution in [3.63, 3.8) is 0 Å². The Hall–Kier alpha value is -4.27. The number of sulfonamides is 1. The Balaban J connectivity index is 0.000000470. The third-order valence-corrected chi connectivity index (χ3v) is 7.43. The zero-order chi connectivity index (χ0) is 29.3. The fourth-order valence-corrected chi connectivity index (χ4v) is 5.28. The van der Waals surface area contributed by atoms with Gasteiger partial charge in [0.05, 0.1) is 29.1 Å². The van der Waals surface area contributed by atoms with Crippen molar-refractivity contribution in [1.29, 1.82) is 0 Å². The van der Waals surface area contributed by atoms with E-state index in [0.29, 0.717) is 35.5 Å². The minimum Gasteiger partial charge on any atom is -0.489 e. The van der Waals surface area contributed by atoms with E-state index >= 15 is 0 Å². The van der Waals surface area contributed by atoms with Crippen LogP contribution in [0.15, 0.2) is 77.7 Å². The molecule has 0 unspecified atom stereocenters. The number of carboxylic acid groups (broad SMARTS) is 1. The van der Waals surface area contributed by atoms with Crippen LogP contribution in [-0.4, -0.2) is 41.8 Å². The van der Waals surface area contributed by atoms with Crippen molar-refractivity contribution in [2.45, 2.75) is 30.3 Å². The Bertz CT molecular complexity index is 1620. The Morgan fingerprint density at radius 1 is 0.950 bits per heavy atom. The van der Waals surface area contributed by atoms with Crippen molar-refractivity contribution in [2.24, 2.45) is 0 Å². The zero-order valence-electron chi connectivity index (χ0n) is 20.1. The van der Waals surface area contributed by atoms with Gasteiger partial charge in [-0.1, -0.05) is 36.4 Å². The first kappa shape index (κ1) is 28.7. The molecular weight excluding hydrogens is 568 g/mol. The van der Waals surface area contributed by atoms with E-state index in [0.717, 1.165) is 16.4 Å². The smallest absolute Gasteiger partial charge is 0.489 e. The van der Waals surface area contributed by atoms with E-state index in [2.05, 4.69) is 4.98 Å². The molecule has 0 amide bonds. The molecule has 212 valence electrons. The lowest BCUT2D eigenvalue weighted by Crippen LogP contribution is -2.33. The fourth-order valence-electron chi connectivity index (χ4n) is 3.85. The van der Waals surface area contributed by atoms with Gasteiger partial charge in [-0.25, -0.2) is 22.5 Å². The van der Waals surface area contributed by atoms with Gasteiger partial charge in [-0.15, -0.1) is 0 Å². The molecule has 0 atom stereocenters. The number of benzene rings is 3. The van der Waals surface area contributed by atoms with E-state index in [9.17, 15) is 34.8 Å². The number of hydrogen-bond donors (Lipinski definition) is 1. The molecule has 0 radical (unpaired) electrons. The summed E-state index contributed by atoms with van der Waals surface area (Å²) in [6.45, 7) is 0.542. The van der Waals surface area contributed by atoms with Gasteiger partial charge in [0.2, 0.25) is 5.95 Å². The molecule has 0 saturated heterocycles. The fraction of sp³-hybridized carbons (Fsp3) is 0.200. The topological polar surface area (TPSA) is 102 Å². The molecule has 3 aromatic carbocycles. The van der Waals surface area contributed by atoms with E-state index in [4.69, 9.17) is 14.6 Å². The predicted octanol–water partition coefficient (Wildman–Crippen LogP) is 5.48. The highest BCUT2D eigenvalue weighted by Crippen LogP contribution is 2.36. The highest BCUT2D eigenvalue weighted by Gasteiger charge is 2.38. The summed E-state index contributed by atoms with van der Waals surface area (Å²) in [6.07, 6.45) is -9.56. The van der Waals surface area contributed by atoms with Gasteiger partial charge in [-0.2, -0.15) is 26.3 Å². The number of hydrogen-bond acceptors (Lipinski definition) is 5. The van der Waals surface area contributed by atoms with Gasteiger partial charge in [-0.3, -0.25) is 0 Å². The molecule has 1 N–H and O–H groups in total. The van der Waals surface area contributed by atoms with Gasteiger partial charge in [-0.05, 0) is 42.0 Å². The van der Waals surface area contributed by atoms with Crippen LogP contribution in [0.1, 0.15) is 11.1 Å². The largest absolute Gasteiger partial charge is 0.490 e. The first-order chi connectivity index (χ1) is 18.7. The summed E-state index contributed by atoms with van der Waals surface area (Å²) in [4.78, 5) is 13.5. The van der Waals surface area contributed by atoms with Crippen molar-refractivity contribution < 1.29 is 49.4 Å². The molecule has 0 fully saturated rings. The Morgan fingerprint density at radius 2 is 1.57 bits per heavy atom. The van der Waals surface area contributed by atoms with Crippen LogP contribution < -0.4 is 9.04 Å². The van der Waals surface area contributed by atoms with E-state index < -0.39 is 33.9 Å². The van der Waals surface area contributed by atoms with Crippen molar-refractivity contribution in [3.05, 3.63) is 83.9 Å². The Kier molecular flexibility index (Phi) is 7.70. The number of imidazole rings is 1. The van der Waals surface area contributed by atoms with E-state index in [1.54, 1.807) is 41.0 Å². The molecule has 0 bridgehead atoms. The van der Waals surface area contributed by atoms with Gasteiger partial charge >= 0.3 is 18.3 Å². The second-order valence-electron chi connectivity index (χ2n) is 8.36.